The molecule has 1 heterocycles. The number of amides is 1. The highest BCUT2D eigenvalue weighted by Gasteiger charge is 2.39. The molecular formula is C19H18BrF3N2O2. The predicted octanol–water partition coefficient (Wildman–Crippen LogP) is 4.69. The highest BCUT2D eigenvalue weighted by Crippen LogP contribution is 2.34. The van der Waals surface area contributed by atoms with Crippen molar-refractivity contribution in [3.63, 3.8) is 0 Å². The number of carbonyl (C=O) groups is 1. The average molecular weight is 443 g/mol. The number of ether oxygens (including phenoxy) is 1. The number of hydrogen-bond acceptors (Lipinski definition) is 3. The van der Waals surface area contributed by atoms with Crippen LogP contribution in [0.3, 0.4) is 0 Å². The van der Waals surface area contributed by atoms with E-state index in [0.717, 1.165) is 21.4 Å². The summed E-state index contributed by atoms with van der Waals surface area (Å²) >= 11 is 3.29. The smallest absolute Gasteiger partial charge is 0.406 e. The molecule has 0 N–H and O–H groups in total. The minimum atomic E-state index is -4.50. The van der Waals surface area contributed by atoms with E-state index in [1.165, 1.54) is 0 Å². The molecule has 1 aromatic carbocycles. The Labute approximate surface area is 163 Å². The van der Waals surface area contributed by atoms with E-state index in [9.17, 15) is 18.0 Å². The van der Waals surface area contributed by atoms with Crippen LogP contribution in [0.5, 0.6) is 5.75 Å². The van der Waals surface area contributed by atoms with Crippen LogP contribution in [0, 0.1) is 0 Å². The van der Waals surface area contributed by atoms with E-state index in [2.05, 4.69) is 20.9 Å². The molecule has 1 amide bonds. The van der Waals surface area contributed by atoms with Gasteiger partial charge in [-0.2, -0.15) is 13.2 Å². The lowest BCUT2D eigenvalue weighted by Crippen LogP contribution is -2.45. The molecule has 1 aromatic heterocycles. The Hall–Kier alpha value is -2.09. The summed E-state index contributed by atoms with van der Waals surface area (Å²) in [6.07, 6.45) is -1.04. The number of benzene rings is 1. The van der Waals surface area contributed by atoms with Crippen LogP contribution in [0.1, 0.15) is 30.1 Å². The molecule has 1 atom stereocenters. The third-order valence-electron chi connectivity index (χ3n) is 4.39. The van der Waals surface area contributed by atoms with Gasteiger partial charge < -0.3 is 9.64 Å². The minimum Gasteiger partial charge on any atom is -0.484 e. The maximum absolute atomic E-state index is 13.1. The highest BCUT2D eigenvalue weighted by atomic mass is 79.9. The third kappa shape index (κ3) is 5.22. The van der Waals surface area contributed by atoms with Gasteiger partial charge in [0.2, 0.25) is 0 Å². The van der Waals surface area contributed by atoms with E-state index in [4.69, 9.17) is 4.74 Å². The Balaban J connectivity index is 1.79. The van der Waals surface area contributed by atoms with Gasteiger partial charge in [0, 0.05) is 10.7 Å². The highest BCUT2D eigenvalue weighted by molar-refractivity contribution is 9.10. The quantitative estimate of drug-likeness (QED) is 0.674. The van der Waals surface area contributed by atoms with Gasteiger partial charge in [-0.05, 0) is 55.2 Å². The normalized spacial score (nSPS) is 16.5. The summed E-state index contributed by atoms with van der Waals surface area (Å²) in [5, 5.41) is 0. The lowest BCUT2D eigenvalue weighted by Gasteiger charge is -2.35. The molecular weight excluding hydrogens is 425 g/mol. The van der Waals surface area contributed by atoms with Crippen LogP contribution in [-0.4, -0.2) is 35.1 Å². The zero-order valence-electron chi connectivity index (χ0n) is 14.4. The van der Waals surface area contributed by atoms with Gasteiger partial charge in [-0.15, -0.1) is 0 Å². The SMILES string of the molecule is O=C(COc1ccc(Br)cc1)N(CC(F)(F)F)[C@H]1CCCc2cccnc21. The van der Waals surface area contributed by atoms with Gasteiger partial charge in [0.1, 0.15) is 12.3 Å². The predicted molar refractivity (Wildman–Crippen MR) is 97.3 cm³/mol. The first-order chi connectivity index (χ1) is 12.8. The van der Waals surface area contributed by atoms with Gasteiger partial charge in [-0.1, -0.05) is 22.0 Å². The number of fused-ring (bicyclic) bond motifs is 1. The Morgan fingerprint density at radius 2 is 2.00 bits per heavy atom. The topological polar surface area (TPSA) is 42.4 Å². The Morgan fingerprint density at radius 3 is 2.70 bits per heavy atom. The molecule has 144 valence electrons. The third-order valence-corrected chi connectivity index (χ3v) is 4.92. The van der Waals surface area contributed by atoms with Crippen LogP contribution in [0.2, 0.25) is 0 Å². The van der Waals surface area contributed by atoms with Crippen molar-refractivity contribution in [2.45, 2.75) is 31.5 Å². The van der Waals surface area contributed by atoms with E-state index >= 15 is 0 Å². The summed E-state index contributed by atoms with van der Waals surface area (Å²) in [5.74, 6) is -0.292. The molecule has 0 saturated carbocycles. The Kier molecular flexibility index (Phi) is 6.04. The lowest BCUT2D eigenvalue weighted by atomic mass is 9.90. The van der Waals surface area contributed by atoms with E-state index in [1.807, 2.05) is 6.07 Å². The van der Waals surface area contributed by atoms with Gasteiger partial charge in [-0.25, -0.2) is 0 Å². The molecule has 0 spiro atoms. The van der Waals surface area contributed by atoms with Gasteiger partial charge in [-0.3, -0.25) is 9.78 Å². The molecule has 27 heavy (non-hydrogen) atoms. The first-order valence-electron chi connectivity index (χ1n) is 8.52. The summed E-state index contributed by atoms with van der Waals surface area (Å²) in [6, 6.07) is 9.66. The van der Waals surface area contributed by atoms with Gasteiger partial charge in [0.15, 0.2) is 6.61 Å². The Morgan fingerprint density at radius 1 is 1.26 bits per heavy atom. The van der Waals surface area contributed by atoms with E-state index in [1.54, 1.807) is 36.5 Å². The molecule has 4 nitrogen and oxygen atoms in total. The fraction of sp³-hybridized carbons (Fsp3) is 0.368. The Bertz CT molecular complexity index is 796. The number of carbonyl (C=O) groups excluding carboxylic acids is 1. The number of rotatable bonds is 5. The van der Waals surface area contributed by atoms with E-state index in [0.29, 0.717) is 24.3 Å². The van der Waals surface area contributed by atoms with Crippen LogP contribution in [0.15, 0.2) is 47.1 Å². The van der Waals surface area contributed by atoms with Crippen molar-refractivity contribution in [1.82, 2.24) is 9.88 Å². The number of aryl methyl sites for hydroxylation is 1. The molecule has 1 aliphatic rings. The molecule has 1 aliphatic carbocycles. The van der Waals surface area contributed by atoms with Crippen LogP contribution < -0.4 is 4.74 Å². The fourth-order valence-electron chi connectivity index (χ4n) is 3.21. The summed E-state index contributed by atoms with van der Waals surface area (Å²) < 4.78 is 45.7. The van der Waals surface area contributed by atoms with E-state index < -0.39 is 31.3 Å². The summed E-state index contributed by atoms with van der Waals surface area (Å²) in [7, 11) is 0. The monoisotopic (exact) mass is 442 g/mol. The molecule has 0 aliphatic heterocycles. The van der Waals surface area contributed by atoms with Crippen molar-refractivity contribution < 1.29 is 22.7 Å². The van der Waals surface area contributed by atoms with Crippen LogP contribution in [0.4, 0.5) is 13.2 Å². The summed E-state index contributed by atoms with van der Waals surface area (Å²) in [6.45, 7) is -1.79. The lowest BCUT2D eigenvalue weighted by molar-refractivity contribution is -0.168. The first kappa shape index (κ1) is 19.7. The standard InChI is InChI=1S/C19H18BrF3N2O2/c20-14-6-8-15(9-7-14)27-11-17(26)25(12-19(21,22)23)16-5-1-3-13-4-2-10-24-18(13)16/h2,4,6-10,16H,1,3,5,11-12H2/t16-/m0/s1. The van der Waals surface area contributed by atoms with Crippen molar-refractivity contribution in [2.75, 3.05) is 13.2 Å². The summed E-state index contributed by atoms with van der Waals surface area (Å²) in [5.41, 5.74) is 1.44. The molecule has 0 unspecified atom stereocenters. The fourth-order valence-corrected chi connectivity index (χ4v) is 3.48. The van der Waals surface area contributed by atoms with Crippen molar-refractivity contribution in [2.24, 2.45) is 0 Å². The van der Waals surface area contributed by atoms with Crippen LogP contribution >= 0.6 is 15.9 Å². The molecule has 8 heteroatoms. The van der Waals surface area contributed by atoms with Crippen molar-refractivity contribution >= 4 is 21.8 Å². The van der Waals surface area contributed by atoms with Gasteiger partial charge in [0.05, 0.1) is 11.7 Å². The average Bonchev–Trinajstić information content (AvgIpc) is 2.64. The number of halogens is 4. The number of hydrogen-bond donors (Lipinski definition) is 0. The number of nitrogens with zero attached hydrogens (tertiary/aromatic N) is 2. The van der Waals surface area contributed by atoms with Crippen molar-refractivity contribution in [3.8, 4) is 5.75 Å². The number of aromatic nitrogens is 1. The minimum absolute atomic E-state index is 0.417. The van der Waals surface area contributed by atoms with Crippen LogP contribution in [0.25, 0.3) is 0 Å². The molecule has 0 saturated heterocycles. The van der Waals surface area contributed by atoms with Crippen molar-refractivity contribution in [3.05, 3.63) is 58.3 Å². The zero-order chi connectivity index (χ0) is 19.4. The first-order valence-corrected chi connectivity index (χ1v) is 9.31. The molecule has 2 aromatic rings. The summed E-state index contributed by atoms with van der Waals surface area (Å²) in [4.78, 5) is 17.7. The number of alkyl halides is 3. The second-order valence-corrected chi connectivity index (χ2v) is 7.25. The zero-order valence-corrected chi connectivity index (χ0v) is 16.0. The molecule has 0 fully saturated rings. The second-order valence-electron chi connectivity index (χ2n) is 6.34. The molecule has 0 bridgehead atoms. The maximum Gasteiger partial charge on any atom is 0.406 e. The van der Waals surface area contributed by atoms with Gasteiger partial charge in [0.25, 0.3) is 5.91 Å². The molecule has 0 radical (unpaired) electrons. The number of pyridine rings is 1. The van der Waals surface area contributed by atoms with Crippen LogP contribution in [-0.2, 0) is 11.2 Å². The molecule has 3 rings (SSSR count). The van der Waals surface area contributed by atoms with E-state index in [-0.39, 0.29) is 0 Å². The second kappa shape index (κ2) is 8.29. The maximum atomic E-state index is 13.1. The van der Waals surface area contributed by atoms with Gasteiger partial charge >= 0.3 is 6.18 Å². The largest absolute Gasteiger partial charge is 0.484 e. The van der Waals surface area contributed by atoms with Crippen molar-refractivity contribution in [1.29, 1.82) is 0 Å².